The number of carbonyl (C=O) groups excluding carboxylic acids is 3. The van der Waals surface area contributed by atoms with Gasteiger partial charge in [0.25, 0.3) is 5.91 Å². The Morgan fingerprint density at radius 2 is 2.08 bits per heavy atom. The lowest BCUT2D eigenvalue weighted by molar-refractivity contribution is -0.157. The first-order valence-electron chi connectivity index (χ1n) is 8.40. The molecule has 0 unspecified atom stereocenters. The van der Waals surface area contributed by atoms with E-state index in [4.69, 9.17) is 9.57 Å². The molecule has 7 heteroatoms. The highest BCUT2D eigenvalue weighted by Gasteiger charge is 2.11. The maximum Gasteiger partial charge on any atom is 0.336 e. The molecule has 0 radical (unpaired) electrons. The predicted octanol–water partition coefficient (Wildman–Crippen LogP) is 2.14. The van der Waals surface area contributed by atoms with E-state index in [0.29, 0.717) is 12.9 Å². The van der Waals surface area contributed by atoms with Crippen LogP contribution in [-0.2, 0) is 37.0 Å². The van der Waals surface area contributed by atoms with Crippen LogP contribution in [0.15, 0.2) is 18.2 Å². The molecule has 0 fully saturated rings. The molecule has 0 aliphatic heterocycles. The normalized spacial score (nSPS) is 10.2. The zero-order chi connectivity index (χ0) is 18.5. The molecule has 1 aromatic rings. The molecule has 0 heterocycles. The lowest BCUT2D eigenvalue weighted by Gasteiger charge is -2.12. The summed E-state index contributed by atoms with van der Waals surface area (Å²) in [6, 6.07) is 5.66. The Balaban J connectivity index is 2.52. The van der Waals surface area contributed by atoms with Crippen LogP contribution >= 0.6 is 0 Å². The third kappa shape index (κ3) is 8.30. The second kappa shape index (κ2) is 12.0. The summed E-state index contributed by atoms with van der Waals surface area (Å²) in [5.74, 6) is -1.09. The number of nitrogens with one attached hydrogen (secondary N) is 2. The predicted molar refractivity (Wildman–Crippen MR) is 93.8 cm³/mol. The first-order chi connectivity index (χ1) is 12.1. The Morgan fingerprint density at radius 3 is 2.76 bits per heavy atom. The Morgan fingerprint density at radius 1 is 1.28 bits per heavy atom. The topological polar surface area (TPSA) is 93.7 Å². The number of benzene rings is 1. The molecule has 0 aromatic heterocycles. The van der Waals surface area contributed by atoms with E-state index in [-0.39, 0.29) is 19.3 Å². The van der Waals surface area contributed by atoms with E-state index < -0.39 is 11.9 Å². The summed E-state index contributed by atoms with van der Waals surface area (Å²) < 4.78 is 5.59. The fourth-order valence-electron chi connectivity index (χ4n) is 2.08. The number of hydrogen-bond acceptors (Lipinski definition) is 6. The minimum Gasteiger partial charge on any atom is -0.388 e. The van der Waals surface area contributed by atoms with Crippen molar-refractivity contribution < 1.29 is 24.0 Å². The standard InChI is InChI=1S/C18H26N2O5/c1-3-4-10-24-13-14-7-8-15(16(11-14)19-2)12-18(23)25-20-17(22)6-5-9-21/h7-9,11,19H,3-6,10,12-13H2,1-2H3,(H,20,22). The van der Waals surface area contributed by atoms with Gasteiger partial charge in [-0.2, -0.15) is 5.48 Å². The molecular weight excluding hydrogens is 324 g/mol. The fourth-order valence-corrected chi connectivity index (χ4v) is 2.08. The summed E-state index contributed by atoms with van der Waals surface area (Å²) in [4.78, 5) is 38.0. The summed E-state index contributed by atoms with van der Waals surface area (Å²) in [5, 5.41) is 3.05. The molecule has 1 aromatic carbocycles. The summed E-state index contributed by atoms with van der Waals surface area (Å²) >= 11 is 0. The number of hydroxylamine groups is 1. The van der Waals surface area contributed by atoms with Gasteiger partial charge in [0.1, 0.15) is 6.29 Å². The van der Waals surface area contributed by atoms with Crippen LogP contribution in [0.3, 0.4) is 0 Å². The van der Waals surface area contributed by atoms with Crippen molar-refractivity contribution in [1.82, 2.24) is 5.48 Å². The summed E-state index contributed by atoms with van der Waals surface area (Å²) in [6.45, 7) is 3.36. The fraction of sp³-hybridized carbons (Fsp3) is 0.500. The van der Waals surface area contributed by atoms with E-state index in [9.17, 15) is 14.4 Å². The van der Waals surface area contributed by atoms with Crippen LogP contribution in [0.5, 0.6) is 0 Å². The minimum atomic E-state index is -0.581. The number of rotatable bonds is 11. The maximum atomic E-state index is 11.8. The van der Waals surface area contributed by atoms with Crippen LogP contribution in [-0.4, -0.2) is 31.8 Å². The van der Waals surface area contributed by atoms with Gasteiger partial charge in [-0.15, -0.1) is 0 Å². The number of unbranched alkanes of at least 4 members (excludes halogenated alkanes) is 1. The van der Waals surface area contributed by atoms with Gasteiger partial charge in [-0.1, -0.05) is 25.5 Å². The van der Waals surface area contributed by atoms with Crippen molar-refractivity contribution in [1.29, 1.82) is 0 Å². The molecule has 2 N–H and O–H groups in total. The van der Waals surface area contributed by atoms with Crippen LogP contribution in [0, 0.1) is 0 Å². The molecule has 0 saturated carbocycles. The highest BCUT2D eigenvalue weighted by molar-refractivity contribution is 5.80. The van der Waals surface area contributed by atoms with E-state index in [2.05, 4.69) is 12.2 Å². The molecule has 1 rings (SSSR count). The first kappa shape index (κ1) is 20.6. The number of aldehydes is 1. The average Bonchev–Trinajstić information content (AvgIpc) is 2.62. The van der Waals surface area contributed by atoms with Crippen molar-refractivity contribution in [2.45, 2.75) is 45.6 Å². The van der Waals surface area contributed by atoms with Crippen molar-refractivity contribution in [3.8, 4) is 0 Å². The van der Waals surface area contributed by atoms with Gasteiger partial charge in [0, 0.05) is 32.2 Å². The van der Waals surface area contributed by atoms with E-state index in [1.165, 1.54) is 0 Å². The van der Waals surface area contributed by atoms with Gasteiger partial charge in [0.15, 0.2) is 0 Å². The van der Waals surface area contributed by atoms with Crippen LogP contribution in [0.2, 0.25) is 0 Å². The molecule has 0 aliphatic rings. The van der Waals surface area contributed by atoms with Crippen LogP contribution in [0.4, 0.5) is 5.69 Å². The van der Waals surface area contributed by atoms with Crippen molar-refractivity contribution in [2.24, 2.45) is 0 Å². The maximum absolute atomic E-state index is 11.8. The number of anilines is 1. The second-order valence-electron chi connectivity index (χ2n) is 5.53. The molecule has 0 atom stereocenters. The van der Waals surface area contributed by atoms with Gasteiger partial charge in [-0.3, -0.25) is 4.79 Å². The highest BCUT2D eigenvalue weighted by atomic mass is 16.7. The lowest BCUT2D eigenvalue weighted by atomic mass is 10.1. The van der Waals surface area contributed by atoms with E-state index >= 15 is 0 Å². The molecule has 138 valence electrons. The van der Waals surface area contributed by atoms with Crippen molar-refractivity contribution in [2.75, 3.05) is 19.0 Å². The third-order valence-electron chi connectivity index (χ3n) is 3.46. The Kier molecular flexibility index (Phi) is 9.92. The smallest absolute Gasteiger partial charge is 0.336 e. The minimum absolute atomic E-state index is 0.00866. The Hall–Kier alpha value is -2.41. The average molecular weight is 350 g/mol. The van der Waals surface area contributed by atoms with Gasteiger partial charge < -0.3 is 19.7 Å². The molecule has 0 bridgehead atoms. The number of ether oxygens (including phenoxy) is 1. The highest BCUT2D eigenvalue weighted by Crippen LogP contribution is 2.19. The Labute approximate surface area is 148 Å². The summed E-state index contributed by atoms with van der Waals surface area (Å²) in [6.07, 6.45) is 2.85. The summed E-state index contributed by atoms with van der Waals surface area (Å²) in [5.41, 5.74) is 4.61. The molecule has 0 aliphatic carbocycles. The van der Waals surface area contributed by atoms with Gasteiger partial charge in [-0.05, 0) is 23.6 Å². The van der Waals surface area contributed by atoms with Gasteiger partial charge >= 0.3 is 5.97 Å². The van der Waals surface area contributed by atoms with E-state index in [0.717, 1.165) is 36.3 Å². The van der Waals surface area contributed by atoms with Gasteiger partial charge in [0.2, 0.25) is 0 Å². The van der Waals surface area contributed by atoms with Crippen molar-refractivity contribution in [3.05, 3.63) is 29.3 Å². The summed E-state index contributed by atoms with van der Waals surface area (Å²) in [7, 11) is 1.77. The van der Waals surface area contributed by atoms with E-state index in [1.54, 1.807) is 7.05 Å². The zero-order valence-corrected chi connectivity index (χ0v) is 14.8. The zero-order valence-electron chi connectivity index (χ0n) is 14.8. The number of amides is 1. The Bertz CT molecular complexity index is 575. The van der Waals surface area contributed by atoms with Crippen LogP contribution < -0.4 is 10.8 Å². The first-order valence-corrected chi connectivity index (χ1v) is 8.40. The number of carbonyl (C=O) groups is 3. The molecule has 7 nitrogen and oxygen atoms in total. The lowest BCUT2D eigenvalue weighted by Crippen LogP contribution is -2.27. The molecular formula is C18H26N2O5. The van der Waals surface area contributed by atoms with Gasteiger partial charge in [-0.25, -0.2) is 4.79 Å². The largest absolute Gasteiger partial charge is 0.388 e. The SMILES string of the molecule is CCCCOCc1ccc(CC(=O)ONC(=O)CCC=O)c(NC)c1. The monoisotopic (exact) mass is 350 g/mol. The number of hydrogen-bond donors (Lipinski definition) is 2. The third-order valence-corrected chi connectivity index (χ3v) is 3.46. The van der Waals surface area contributed by atoms with Crippen molar-refractivity contribution in [3.63, 3.8) is 0 Å². The second-order valence-corrected chi connectivity index (χ2v) is 5.53. The van der Waals surface area contributed by atoms with Crippen molar-refractivity contribution >= 4 is 23.9 Å². The molecule has 0 spiro atoms. The van der Waals surface area contributed by atoms with E-state index in [1.807, 2.05) is 23.7 Å². The molecule has 1 amide bonds. The molecule has 25 heavy (non-hydrogen) atoms. The quantitative estimate of drug-likeness (QED) is 0.361. The van der Waals surface area contributed by atoms with Gasteiger partial charge in [0.05, 0.1) is 13.0 Å². The van der Waals surface area contributed by atoms with Crippen LogP contribution in [0.1, 0.15) is 43.7 Å². The van der Waals surface area contributed by atoms with Crippen LogP contribution in [0.25, 0.3) is 0 Å². The molecule has 0 saturated heterocycles.